The zero-order chi connectivity index (χ0) is 21.5. The highest BCUT2D eigenvalue weighted by molar-refractivity contribution is 8.77. The predicted molar refractivity (Wildman–Crippen MR) is 125 cm³/mol. The lowest BCUT2D eigenvalue weighted by Gasteiger charge is -2.32. The van der Waals surface area contributed by atoms with E-state index in [4.69, 9.17) is 26.6 Å². The Bertz CT molecular complexity index is 314. The van der Waals surface area contributed by atoms with Crippen LogP contribution in [-0.4, -0.2) is 67.8 Å². The molecular formula is C18H42O6S2Si2. The van der Waals surface area contributed by atoms with Gasteiger partial charge in [-0.1, -0.05) is 35.4 Å². The molecule has 0 aliphatic rings. The summed E-state index contributed by atoms with van der Waals surface area (Å²) in [7, 11) is -1.53. The molecule has 10 heteroatoms. The molecule has 0 aliphatic carbocycles. The van der Waals surface area contributed by atoms with Gasteiger partial charge >= 0.3 is 17.6 Å². The first-order valence-electron chi connectivity index (χ1n) is 10.5. The molecule has 0 spiro atoms. The summed E-state index contributed by atoms with van der Waals surface area (Å²) in [4.78, 5) is 0. The van der Waals surface area contributed by atoms with E-state index in [0.717, 1.165) is 12.1 Å². The summed E-state index contributed by atoms with van der Waals surface area (Å²) in [6.07, 6.45) is 0. The second kappa shape index (κ2) is 16.6. The Balaban J connectivity index is 4.81. The number of rotatable bonds is 19. The minimum Gasteiger partial charge on any atom is -0.374 e. The van der Waals surface area contributed by atoms with Crippen LogP contribution in [0.5, 0.6) is 0 Å². The van der Waals surface area contributed by atoms with E-state index in [0.29, 0.717) is 50.1 Å². The maximum Gasteiger partial charge on any atom is 0.502 e. The summed E-state index contributed by atoms with van der Waals surface area (Å²) in [5, 5.41) is 0.706. The van der Waals surface area contributed by atoms with Crippen LogP contribution >= 0.6 is 21.6 Å². The van der Waals surface area contributed by atoms with Crippen molar-refractivity contribution in [3.05, 3.63) is 0 Å². The van der Waals surface area contributed by atoms with Crippen LogP contribution in [0.25, 0.3) is 0 Å². The first-order chi connectivity index (χ1) is 13.4. The third-order valence-electron chi connectivity index (χ3n) is 3.64. The Morgan fingerprint density at radius 1 is 0.500 bits per heavy atom. The minimum absolute atomic E-state index is 0.353. The van der Waals surface area contributed by atoms with Crippen LogP contribution in [0.4, 0.5) is 0 Å². The van der Waals surface area contributed by atoms with E-state index in [1.54, 1.807) is 0 Å². The lowest BCUT2D eigenvalue weighted by molar-refractivity contribution is 0.0706. The molecule has 0 N–H and O–H groups in total. The lowest BCUT2D eigenvalue weighted by Crippen LogP contribution is -2.48. The van der Waals surface area contributed by atoms with Crippen LogP contribution in [0.1, 0.15) is 55.4 Å². The van der Waals surface area contributed by atoms with Gasteiger partial charge in [-0.15, -0.1) is 0 Å². The highest BCUT2D eigenvalue weighted by Gasteiger charge is 2.44. The molecule has 0 aliphatic heterocycles. The molecule has 0 rings (SSSR count). The van der Waals surface area contributed by atoms with E-state index in [-0.39, 0.29) is 0 Å². The van der Waals surface area contributed by atoms with Crippen molar-refractivity contribution in [1.82, 2.24) is 0 Å². The summed E-state index contributed by atoms with van der Waals surface area (Å²) in [6, 6.07) is 1.61. The Hall–Kier alpha value is 0.894. The normalized spacial score (nSPS) is 15.0. The first kappa shape index (κ1) is 28.9. The van der Waals surface area contributed by atoms with Gasteiger partial charge < -0.3 is 26.6 Å². The van der Waals surface area contributed by atoms with Crippen LogP contribution in [0, 0.1) is 0 Å². The van der Waals surface area contributed by atoms with E-state index in [1.807, 2.05) is 63.1 Å². The molecule has 2 atom stereocenters. The van der Waals surface area contributed by atoms with E-state index in [2.05, 4.69) is 13.8 Å². The van der Waals surface area contributed by atoms with E-state index in [9.17, 15) is 0 Å². The molecule has 2 unspecified atom stereocenters. The van der Waals surface area contributed by atoms with Gasteiger partial charge in [-0.25, -0.2) is 0 Å². The fourth-order valence-corrected chi connectivity index (χ4v) is 12.7. The predicted octanol–water partition coefficient (Wildman–Crippen LogP) is 5.24. The summed E-state index contributed by atoms with van der Waals surface area (Å²) in [5.74, 6) is 0. The Labute approximate surface area is 183 Å². The standard InChI is InChI=1S/C18H42O6S2Si2/c1-9-19-27(20-10-2,21-11-3)15-17(7)25-26-18(8)16-28(22-12-4,23-13-5)24-14-6/h17-18H,9-16H2,1-8H3. The van der Waals surface area contributed by atoms with Crippen LogP contribution < -0.4 is 0 Å². The summed E-state index contributed by atoms with van der Waals surface area (Å²) in [5.41, 5.74) is 0. The second-order valence-electron chi connectivity index (χ2n) is 6.19. The summed E-state index contributed by atoms with van der Waals surface area (Å²) >= 11 is 0. The van der Waals surface area contributed by atoms with Crippen molar-refractivity contribution in [3.63, 3.8) is 0 Å². The molecule has 0 heterocycles. The highest BCUT2D eigenvalue weighted by Crippen LogP contribution is 2.38. The molecule has 0 bridgehead atoms. The maximum absolute atomic E-state index is 5.98. The van der Waals surface area contributed by atoms with Gasteiger partial charge in [0.25, 0.3) is 0 Å². The topological polar surface area (TPSA) is 55.4 Å². The Kier molecular flexibility index (Phi) is 17.1. The van der Waals surface area contributed by atoms with Gasteiger partial charge in [0.1, 0.15) is 0 Å². The largest absolute Gasteiger partial charge is 0.502 e. The molecule has 0 saturated heterocycles. The summed E-state index contributed by atoms with van der Waals surface area (Å²) in [6.45, 7) is 20.0. The van der Waals surface area contributed by atoms with Crippen LogP contribution in [0.15, 0.2) is 0 Å². The van der Waals surface area contributed by atoms with E-state index >= 15 is 0 Å². The van der Waals surface area contributed by atoms with E-state index in [1.165, 1.54) is 0 Å². The van der Waals surface area contributed by atoms with Gasteiger partial charge in [0.2, 0.25) is 0 Å². The zero-order valence-corrected chi connectivity index (χ0v) is 22.7. The van der Waals surface area contributed by atoms with Gasteiger partial charge in [0.15, 0.2) is 0 Å². The minimum atomic E-state index is -2.62. The Morgan fingerprint density at radius 3 is 0.893 bits per heavy atom. The van der Waals surface area contributed by atoms with Crippen molar-refractivity contribution in [2.75, 3.05) is 39.6 Å². The third-order valence-corrected chi connectivity index (χ3v) is 14.2. The maximum atomic E-state index is 5.98. The van der Waals surface area contributed by atoms with Crippen LogP contribution in [-0.2, 0) is 26.6 Å². The monoisotopic (exact) mass is 474 g/mol. The molecule has 0 radical (unpaired) electrons. The fourth-order valence-electron chi connectivity index (χ4n) is 2.88. The molecule has 0 fully saturated rings. The smallest absolute Gasteiger partial charge is 0.374 e. The fraction of sp³-hybridized carbons (Fsp3) is 1.00. The molecule has 170 valence electrons. The van der Waals surface area contributed by atoms with Gasteiger partial charge in [-0.05, 0) is 41.5 Å². The SMILES string of the molecule is CCO[Si](CC(C)SSC(C)C[Si](OCC)(OCC)OCC)(OCC)OCC. The van der Waals surface area contributed by atoms with Crippen molar-refractivity contribution in [1.29, 1.82) is 0 Å². The van der Waals surface area contributed by atoms with Crippen molar-refractivity contribution in [2.24, 2.45) is 0 Å². The third kappa shape index (κ3) is 11.3. The zero-order valence-electron chi connectivity index (χ0n) is 19.1. The van der Waals surface area contributed by atoms with Gasteiger partial charge in [0.05, 0.1) is 0 Å². The number of hydrogen-bond acceptors (Lipinski definition) is 8. The lowest BCUT2D eigenvalue weighted by atomic mass is 10.6. The number of hydrogen-bond donors (Lipinski definition) is 0. The molecule has 0 saturated carbocycles. The molecule has 0 aromatic rings. The van der Waals surface area contributed by atoms with Crippen LogP contribution in [0.3, 0.4) is 0 Å². The van der Waals surface area contributed by atoms with Crippen molar-refractivity contribution < 1.29 is 26.6 Å². The highest BCUT2D eigenvalue weighted by atomic mass is 33.1. The average Bonchev–Trinajstić information content (AvgIpc) is 2.61. The molecule has 6 nitrogen and oxygen atoms in total. The average molecular weight is 475 g/mol. The molecule has 28 heavy (non-hydrogen) atoms. The van der Waals surface area contributed by atoms with E-state index < -0.39 is 17.6 Å². The quantitative estimate of drug-likeness (QED) is 0.186. The first-order valence-corrected chi connectivity index (χ1v) is 16.7. The Morgan fingerprint density at radius 2 is 0.714 bits per heavy atom. The van der Waals surface area contributed by atoms with Gasteiger partial charge in [-0.3, -0.25) is 0 Å². The molecule has 0 aromatic heterocycles. The second-order valence-corrected chi connectivity index (χ2v) is 14.6. The van der Waals surface area contributed by atoms with Gasteiger partial charge in [0, 0.05) is 62.2 Å². The molecular weight excluding hydrogens is 432 g/mol. The summed E-state index contributed by atoms with van der Waals surface area (Å²) < 4.78 is 35.9. The van der Waals surface area contributed by atoms with Crippen molar-refractivity contribution in [2.45, 2.75) is 78.0 Å². The van der Waals surface area contributed by atoms with Crippen LogP contribution in [0.2, 0.25) is 12.1 Å². The molecule has 0 amide bonds. The molecule has 0 aromatic carbocycles. The van der Waals surface area contributed by atoms with Crippen molar-refractivity contribution in [3.8, 4) is 0 Å². The van der Waals surface area contributed by atoms with Crippen molar-refractivity contribution >= 4 is 39.2 Å². The van der Waals surface area contributed by atoms with Gasteiger partial charge in [-0.2, -0.15) is 0 Å².